The van der Waals surface area contributed by atoms with Gasteiger partial charge in [0.1, 0.15) is 5.75 Å². The van der Waals surface area contributed by atoms with E-state index in [1.807, 2.05) is 25.1 Å². The van der Waals surface area contributed by atoms with Crippen molar-refractivity contribution in [2.75, 3.05) is 11.9 Å². The molecule has 1 amide bonds. The van der Waals surface area contributed by atoms with Crippen molar-refractivity contribution in [2.45, 2.75) is 32.8 Å². The van der Waals surface area contributed by atoms with Gasteiger partial charge in [0.05, 0.1) is 11.6 Å². The van der Waals surface area contributed by atoms with Gasteiger partial charge in [-0.25, -0.2) is 0 Å². The Morgan fingerprint density at radius 1 is 1.19 bits per heavy atom. The Morgan fingerprint density at radius 3 is 2.56 bits per heavy atom. The van der Waals surface area contributed by atoms with Crippen LogP contribution in [-0.4, -0.2) is 24.6 Å². The first-order valence-corrected chi connectivity index (χ1v) is 9.67. The molecule has 144 valence electrons. The highest BCUT2D eigenvalue weighted by Crippen LogP contribution is 2.27. The van der Waals surface area contributed by atoms with Crippen LogP contribution >= 0.6 is 27.5 Å². The van der Waals surface area contributed by atoms with Gasteiger partial charge in [0, 0.05) is 16.6 Å². The number of anilines is 1. The number of ether oxygens (including phenoxy) is 2. The zero-order chi connectivity index (χ0) is 19.8. The number of esters is 1. The predicted molar refractivity (Wildman–Crippen MR) is 109 cm³/mol. The quantitative estimate of drug-likeness (QED) is 0.443. The SMILES string of the molecule is Cc1ccc(NC(=O)C(C)OC(=O)CCCOc2ccc(Br)cc2Cl)cc1. The van der Waals surface area contributed by atoms with Gasteiger partial charge in [0.25, 0.3) is 5.91 Å². The summed E-state index contributed by atoms with van der Waals surface area (Å²) in [5, 5.41) is 3.21. The fourth-order valence-corrected chi connectivity index (χ4v) is 2.91. The lowest BCUT2D eigenvalue weighted by Gasteiger charge is -2.14. The molecule has 0 aliphatic rings. The van der Waals surface area contributed by atoms with Gasteiger partial charge < -0.3 is 14.8 Å². The Morgan fingerprint density at radius 2 is 1.89 bits per heavy atom. The van der Waals surface area contributed by atoms with Gasteiger partial charge in [-0.3, -0.25) is 9.59 Å². The molecule has 0 aliphatic heterocycles. The number of hydrogen-bond acceptors (Lipinski definition) is 4. The Labute approximate surface area is 172 Å². The van der Waals surface area contributed by atoms with Crippen LogP contribution in [0.1, 0.15) is 25.3 Å². The number of amides is 1. The summed E-state index contributed by atoms with van der Waals surface area (Å²) in [5.41, 5.74) is 1.76. The van der Waals surface area contributed by atoms with Crippen molar-refractivity contribution in [3.63, 3.8) is 0 Å². The maximum absolute atomic E-state index is 12.1. The zero-order valence-corrected chi connectivity index (χ0v) is 17.5. The smallest absolute Gasteiger partial charge is 0.306 e. The molecule has 0 aliphatic carbocycles. The molecule has 0 bridgehead atoms. The van der Waals surface area contributed by atoms with Crippen LogP contribution in [0, 0.1) is 6.92 Å². The molecule has 0 radical (unpaired) electrons. The number of rotatable bonds is 8. The molecule has 5 nitrogen and oxygen atoms in total. The Balaban J connectivity index is 1.69. The van der Waals surface area contributed by atoms with Crippen LogP contribution in [0.25, 0.3) is 0 Å². The summed E-state index contributed by atoms with van der Waals surface area (Å²) in [4.78, 5) is 24.0. The normalized spacial score (nSPS) is 11.6. The molecule has 1 atom stereocenters. The lowest BCUT2D eigenvalue weighted by Crippen LogP contribution is -2.30. The summed E-state index contributed by atoms with van der Waals surface area (Å²) in [6, 6.07) is 12.7. The van der Waals surface area contributed by atoms with Crippen LogP contribution < -0.4 is 10.1 Å². The van der Waals surface area contributed by atoms with E-state index in [4.69, 9.17) is 21.1 Å². The highest BCUT2D eigenvalue weighted by molar-refractivity contribution is 9.10. The fourth-order valence-electron chi connectivity index (χ4n) is 2.18. The Bertz CT molecular complexity index is 795. The molecular weight excluding hydrogens is 434 g/mol. The van der Waals surface area contributed by atoms with E-state index < -0.39 is 12.1 Å². The van der Waals surface area contributed by atoms with Crippen LogP contribution in [-0.2, 0) is 14.3 Å². The third-order valence-corrected chi connectivity index (χ3v) is 4.46. The van der Waals surface area contributed by atoms with Crippen molar-refractivity contribution in [1.82, 2.24) is 0 Å². The van der Waals surface area contributed by atoms with Crippen molar-refractivity contribution < 1.29 is 19.1 Å². The second-order valence-corrected chi connectivity index (χ2v) is 7.34. The highest BCUT2D eigenvalue weighted by Gasteiger charge is 2.17. The van der Waals surface area contributed by atoms with E-state index in [0.29, 0.717) is 29.5 Å². The summed E-state index contributed by atoms with van der Waals surface area (Å²) in [7, 11) is 0. The number of hydrogen-bond donors (Lipinski definition) is 1. The number of carbonyl (C=O) groups is 2. The van der Waals surface area contributed by atoms with E-state index in [2.05, 4.69) is 21.2 Å². The third kappa shape index (κ3) is 7.23. The summed E-state index contributed by atoms with van der Waals surface area (Å²) < 4.78 is 11.6. The van der Waals surface area contributed by atoms with Crippen LogP contribution in [0.3, 0.4) is 0 Å². The maximum Gasteiger partial charge on any atom is 0.306 e. The van der Waals surface area contributed by atoms with Crippen molar-refractivity contribution in [3.05, 3.63) is 57.5 Å². The average Bonchev–Trinajstić information content (AvgIpc) is 2.62. The lowest BCUT2D eigenvalue weighted by molar-refractivity contribution is -0.153. The molecule has 1 N–H and O–H groups in total. The molecular formula is C20H21BrClNO4. The van der Waals surface area contributed by atoms with E-state index in [9.17, 15) is 9.59 Å². The van der Waals surface area contributed by atoms with Crippen molar-refractivity contribution in [3.8, 4) is 5.75 Å². The topological polar surface area (TPSA) is 64.6 Å². The average molecular weight is 455 g/mol. The molecule has 0 saturated carbocycles. The number of nitrogens with one attached hydrogen (secondary N) is 1. The highest BCUT2D eigenvalue weighted by atomic mass is 79.9. The summed E-state index contributed by atoms with van der Waals surface area (Å²) >= 11 is 9.38. The van der Waals surface area contributed by atoms with Crippen LogP contribution in [0.5, 0.6) is 5.75 Å². The van der Waals surface area contributed by atoms with Gasteiger partial charge >= 0.3 is 5.97 Å². The minimum absolute atomic E-state index is 0.149. The standard InChI is InChI=1S/C20H21BrClNO4/c1-13-5-8-16(9-6-13)23-20(25)14(2)27-19(24)4-3-11-26-18-10-7-15(21)12-17(18)22/h5-10,12,14H,3-4,11H2,1-2H3,(H,23,25). The molecule has 0 saturated heterocycles. The molecule has 2 aromatic carbocycles. The minimum atomic E-state index is -0.874. The van der Waals surface area contributed by atoms with Gasteiger partial charge in [-0.05, 0) is 50.6 Å². The zero-order valence-electron chi connectivity index (χ0n) is 15.1. The largest absolute Gasteiger partial charge is 0.492 e. The predicted octanol–water partition coefficient (Wildman–Crippen LogP) is 5.14. The van der Waals surface area contributed by atoms with Gasteiger partial charge in [-0.2, -0.15) is 0 Å². The molecule has 0 fully saturated rings. The fraction of sp³-hybridized carbons (Fsp3) is 0.300. The van der Waals surface area contributed by atoms with Crippen LogP contribution in [0.4, 0.5) is 5.69 Å². The number of carbonyl (C=O) groups excluding carboxylic acids is 2. The van der Waals surface area contributed by atoms with E-state index in [1.165, 1.54) is 0 Å². The van der Waals surface area contributed by atoms with E-state index in [-0.39, 0.29) is 12.3 Å². The second-order valence-electron chi connectivity index (χ2n) is 6.01. The second kappa shape index (κ2) is 10.3. The molecule has 7 heteroatoms. The number of benzene rings is 2. The number of halogens is 2. The molecule has 2 rings (SSSR count). The molecule has 0 heterocycles. The van der Waals surface area contributed by atoms with E-state index in [1.54, 1.807) is 31.2 Å². The summed E-state index contributed by atoms with van der Waals surface area (Å²) in [6.45, 7) is 3.82. The minimum Gasteiger partial charge on any atom is -0.492 e. The van der Waals surface area contributed by atoms with Crippen molar-refractivity contribution in [1.29, 1.82) is 0 Å². The Hall–Kier alpha value is -2.05. The summed E-state index contributed by atoms with van der Waals surface area (Å²) in [6.07, 6.45) is -0.269. The van der Waals surface area contributed by atoms with Gasteiger partial charge in [-0.1, -0.05) is 45.2 Å². The van der Waals surface area contributed by atoms with Gasteiger partial charge in [0.15, 0.2) is 6.10 Å². The van der Waals surface area contributed by atoms with Crippen molar-refractivity contribution >= 4 is 45.1 Å². The van der Waals surface area contributed by atoms with Gasteiger partial charge in [0.2, 0.25) is 0 Å². The lowest BCUT2D eigenvalue weighted by atomic mass is 10.2. The third-order valence-electron chi connectivity index (χ3n) is 3.67. The molecule has 2 aromatic rings. The first kappa shape index (κ1) is 21.3. The number of aryl methyl sites for hydroxylation is 1. The van der Waals surface area contributed by atoms with Crippen molar-refractivity contribution in [2.24, 2.45) is 0 Å². The molecule has 0 spiro atoms. The van der Waals surface area contributed by atoms with Gasteiger partial charge in [-0.15, -0.1) is 0 Å². The first-order chi connectivity index (χ1) is 12.8. The van der Waals surface area contributed by atoms with E-state index in [0.717, 1.165) is 10.0 Å². The monoisotopic (exact) mass is 453 g/mol. The molecule has 0 aromatic heterocycles. The van der Waals surface area contributed by atoms with Crippen LogP contribution in [0.2, 0.25) is 5.02 Å². The first-order valence-electron chi connectivity index (χ1n) is 8.50. The Kier molecular flexibility index (Phi) is 8.13. The van der Waals surface area contributed by atoms with E-state index >= 15 is 0 Å². The maximum atomic E-state index is 12.1. The van der Waals surface area contributed by atoms with Crippen LogP contribution in [0.15, 0.2) is 46.9 Å². The molecule has 1 unspecified atom stereocenters. The summed E-state index contributed by atoms with van der Waals surface area (Å²) in [5.74, 6) is -0.267. The molecule has 27 heavy (non-hydrogen) atoms.